The van der Waals surface area contributed by atoms with E-state index in [1.165, 1.54) is 12.1 Å². The van der Waals surface area contributed by atoms with Crippen LogP contribution in [-0.4, -0.2) is 23.8 Å². The minimum atomic E-state index is -1.63. The number of nitrogens with one attached hydrogen (secondary N) is 1. The molecule has 0 spiro atoms. The summed E-state index contributed by atoms with van der Waals surface area (Å²) in [6, 6.07) is 17.6. The van der Waals surface area contributed by atoms with Crippen molar-refractivity contribution in [1.82, 2.24) is 5.32 Å². The molecule has 1 unspecified atom stereocenters. The second-order valence-corrected chi connectivity index (χ2v) is 7.34. The van der Waals surface area contributed by atoms with Crippen LogP contribution in [0.2, 0.25) is 5.02 Å². The molecule has 7 heteroatoms. The lowest BCUT2D eigenvalue weighted by Crippen LogP contribution is -2.35. The summed E-state index contributed by atoms with van der Waals surface area (Å²) in [5, 5.41) is 11.8. The normalized spacial score (nSPS) is 13.3. The van der Waals surface area contributed by atoms with Gasteiger partial charge >= 0.3 is 12.1 Å². The van der Waals surface area contributed by atoms with Crippen LogP contribution in [0.4, 0.5) is 9.18 Å². The average Bonchev–Trinajstić information content (AvgIpc) is 3.06. The molecular formula is C23H17ClFNO4. The zero-order chi connectivity index (χ0) is 21.3. The number of hydrogen-bond donors (Lipinski definition) is 2. The van der Waals surface area contributed by atoms with Crippen LogP contribution in [0.1, 0.15) is 28.7 Å². The van der Waals surface area contributed by atoms with Crippen molar-refractivity contribution in [2.24, 2.45) is 0 Å². The van der Waals surface area contributed by atoms with Crippen molar-refractivity contribution in [3.8, 4) is 11.1 Å². The van der Waals surface area contributed by atoms with Crippen LogP contribution in [-0.2, 0) is 9.53 Å². The number of carboxylic acids is 1. The smallest absolute Gasteiger partial charge is 0.408 e. The monoisotopic (exact) mass is 425 g/mol. The van der Waals surface area contributed by atoms with Gasteiger partial charge in [-0.3, -0.25) is 0 Å². The molecule has 0 radical (unpaired) electrons. The molecule has 152 valence electrons. The van der Waals surface area contributed by atoms with Crippen molar-refractivity contribution >= 4 is 23.7 Å². The topological polar surface area (TPSA) is 75.6 Å². The number of carboxylic acid groups (broad SMARTS) is 1. The van der Waals surface area contributed by atoms with Gasteiger partial charge in [0.05, 0.1) is 0 Å². The number of benzene rings is 3. The third-order valence-corrected chi connectivity index (χ3v) is 5.36. The Kier molecular flexibility index (Phi) is 5.42. The van der Waals surface area contributed by atoms with Gasteiger partial charge in [-0.25, -0.2) is 14.0 Å². The molecule has 30 heavy (non-hydrogen) atoms. The fourth-order valence-electron chi connectivity index (χ4n) is 3.77. The summed E-state index contributed by atoms with van der Waals surface area (Å²) in [6.45, 7) is 0.0181. The number of amides is 1. The van der Waals surface area contributed by atoms with Crippen molar-refractivity contribution in [3.05, 3.63) is 94.3 Å². The summed E-state index contributed by atoms with van der Waals surface area (Å²) in [4.78, 5) is 24.0. The fraction of sp³-hybridized carbons (Fsp3) is 0.130. The van der Waals surface area contributed by atoms with Crippen molar-refractivity contribution in [2.75, 3.05) is 6.61 Å². The van der Waals surface area contributed by atoms with Crippen LogP contribution in [0.25, 0.3) is 11.1 Å². The lowest BCUT2D eigenvalue weighted by molar-refractivity contribution is -0.139. The minimum Gasteiger partial charge on any atom is -0.479 e. The highest BCUT2D eigenvalue weighted by molar-refractivity contribution is 6.30. The Hall–Kier alpha value is -3.38. The minimum absolute atomic E-state index is 0.0181. The highest BCUT2D eigenvalue weighted by Crippen LogP contribution is 2.44. The van der Waals surface area contributed by atoms with Gasteiger partial charge in [0.2, 0.25) is 0 Å². The van der Waals surface area contributed by atoms with Crippen LogP contribution in [0.3, 0.4) is 0 Å². The predicted octanol–water partition coefficient (Wildman–Crippen LogP) is 5.14. The molecule has 1 aliphatic rings. The number of fused-ring (bicyclic) bond motifs is 3. The van der Waals surface area contributed by atoms with Gasteiger partial charge in [-0.2, -0.15) is 0 Å². The van der Waals surface area contributed by atoms with Crippen LogP contribution < -0.4 is 5.32 Å². The van der Waals surface area contributed by atoms with E-state index < -0.39 is 23.9 Å². The molecule has 3 aromatic rings. The van der Waals surface area contributed by atoms with Gasteiger partial charge in [-0.1, -0.05) is 60.1 Å². The van der Waals surface area contributed by atoms with Gasteiger partial charge in [-0.15, -0.1) is 0 Å². The molecule has 0 bridgehead atoms. The molecule has 2 N–H and O–H groups in total. The van der Waals surface area contributed by atoms with Crippen LogP contribution >= 0.6 is 11.6 Å². The summed E-state index contributed by atoms with van der Waals surface area (Å²) < 4.78 is 19.4. The Morgan fingerprint density at radius 1 is 1.03 bits per heavy atom. The van der Waals surface area contributed by atoms with E-state index in [1.807, 2.05) is 48.5 Å². The van der Waals surface area contributed by atoms with Gasteiger partial charge < -0.3 is 15.2 Å². The average molecular weight is 426 g/mol. The molecule has 0 saturated carbocycles. The maximum absolute atomic E-state index is 14.1. The molecule has 1 amide bonds. The first-order valence-electron chi connectivity index (χ1n) is 9.25. The van der Waals surface area contributed by atoms with E-state index in [2.05, 4.69) is 5.32 Å². The molecule has 0 heterocycles. The molecule has 0 aromatic heterocycles. The van der Waals surface area contributed by atoms with E-state index in [9.17, 15) is 19.1 Å². The van der Waals surface area contributed by atoms with E-state index in [0.29, 0.717) is 0 Å². The standard InChI is InChI=1S/C23H17ClFNO4/c24-13-9-10-20(25)18(11-13)21(22(27)28)26-23(29)30-12-19-16-7-3-1-5-14(16)15-6-2-4-8-17(15)19/h1-11,19,21H,12H2,(H,26,29)(H,27,28). The van der Waals surface area contributed by atoms with Gasteiger partial charge in [-0.05, 0) is 40.5 Å². The highest BCUT2D eigenvalue weighted by atomic mass is 35.5. The van der Waals surface area contributed by atoms with Crippen molar-refractivity contribution in [3.63, 3.8) is 0 Å². The predicted molar refractivity (Wildman–Crippen MR) is 110 cm³/mol. The van der Waals surface area contributed by atoms with Gasteiger partial charge in [0.1, 0.15) is 12.4 Å². The summed E-state index contributed by atoms with van der Waals surface area (Å²) in [6.07, 6.45) is -0.955. The number of alkyl carbamates (subject to hydrolysis) is 1. The summed E-state index contributed by atoms with van der Waals surface area (Å²) >= 11 is 5.84. The Morgan fingerprint density at radius 2 is 1.63 bits per heavy atom. The molecule has 1 aliphatic carbocycles. The van der Waals surface area contributed by atoms with E-state index >= 15 is 0 Å². The summed E-state index contributed by atoms with van der Waals surface area (Å²) in [5.74, 6) is -2.38. The lowest BCUT2D eigenvalue weighted by Gasteiger charge is -2.18. The Labute approximate surface area is 177 Å². The molecule has 5 nitrogen and oxygen atoms in total. The quantitative estimate of drug-likeness (QED) is 0.593. The highest BCUT2D eigenvalue weighted by Gasteiger charge is 2.30. The lowest BCUT2D eigenvalue weighted by atomic mass is 9.98. The molecule has 0 fully saturated rings. The first kappa shape index (κ1) is 19.9. The number of halogens is 2. The first-order chi connectivity index (χ1) is 14.5. The molecule has 3 aromatic carbocycles. The Balaban J connectivity index is 1.51. The number of rotatable bonds is 5. The number of aliphatic carboxylic acids is 1. The molecule has 0 saturated heterocycles. The third kappa shape index (κ3) is 3.74. The third-order valence-electron chi connectivity index (χ3n) is 5.12. The van der Waals surface area contributed by atoms with E-state index in [4.69, 9.17) is 16.3 Å². The number of ether oxygens (including phenoxy) is 1. The Bertz CT molecular complexity index is 1090. The van der Waals surface area contributed by atoms with Crippen molar-refractivity contribution < 1.29 is 23.8 Å². The SMILES string of the molecule is O=C(NC(C(=O)O)c1cc(Cl)ccc1F)OCC1c2ccccc2-c2ccccc21. The van der Waals surface area contributed by atoms with Gasteiger partial charge in [0, 0.05) is 16.5 Å². The molecule has 4 rings (SSSR count). The number of carbonyl (C=O) groups excluding carboxylic acids is 1. The van der Waals surface area contributed by atoms with E-state index in [0.717, 1.165) is 28.3 Å². The summed E-state index contributed by atoms with van der Waals surface area (Å²) in [7, 11) is 0. The van der Waals surface area contributed by atoms with Crippen molar-refractivity contribution in [2.45, 2.75) is 12.0 Å². The molecule has 0 aliphatic heterocycles. The molecule has 1 atom stereocenters. The second-order valence-electron chi connectivity index (χ2n) is 6.91. The number of carbonyl (C=O) groups is 2. The van der Waals surface area contributed by atoms with Crippen molar-refractivity contribution in [1.29, 1.82) is 0 Å². The fourth-order valence-corrected chi connectivity index (χ4v) is 3.95. The zero-order valence-corrected chi connectivity index (χ0v) is 16.4. The Morgan fingerprint density at radius 3 is 2.23 bits per heavy atom. The number of hydrogen-bond acceptors (Lipinski definition) is 3. The first-order valence-corrected chi connectivity index (χ1v) is 9.62. The largest absolute Gasteiger partial charge is 0.479 e. The second kappa shape index (κ2) is 8.16. The van der Waals surface area contributed by atoms with Gasteiger partial charge in [0.25, 0.3) is 0 Å². The van der Waals surface area contributed by atoms with E-state index in [1.54, 1.807) is 0 Å². The van der Waals surface area contributed by atoms with E-state index in [-0.39, 0.29) is 23.1 Å². The summed E-state index contributed by atoms with van der Waals surface area (Å²) in [5.41, 5.74) is 3.96. The maximum Gasteiger partial charge on any atom is 0.408 e. The van der Waals surface area contributed by atoms with Crippen LogP contribution in [0.15, 0.2) is 66.7 Å². The molecular weight excluding hydrogens is 409 g/mol. The van der Waals surface area contributed by atoms with Crippen LogP contribution in [0.5, 0.6) is 0 Å². The van der Waals surface area contributed by atoms with Crippen LogP contribution in [0, 0.1) is 5.82 Å². The van der Waals surface area contributed by atoms with Gasteiger partial charge in [0.15, 0.2) is 6.04 Å². The zero-order valence-electron chi connectivity index (χ0n) is 15.6. The maximum atomic E-state index is 14.1.